The number of hydrogen-bond acceptors (Lipinski definition) is 3. The van der Waals surface area contributed by atoms with Gasteiger partial charge >= 0.3 is 0 Å². The van der Waals surface area contributed by atoms with E-state index in [0.717, 1.165) is 24.0 Å². The molecule has 25 heavy (non-hydrogen) atoms. The molecule has 0 saturated heterocycles. The van der Waals surface area contributed by atoms with Gasteiger partial charge in [-0.3, -0.25) is 0 Å². The van der Waals surface area contributed by atoms with Gasteiger partial charge in [-0.2, -0.15) is 5.10 Å². The normalized spacial score (nSPS) is 11.7. The second-order valence-corrected chi connectivity index (χ2v) is 6.88. The molecule has 0 fully saturated rings. The highest BCUT2D eigenvalue weighted by atomic mass is 35.5. The minimum atomic E-state index is 0.384. The lowest BCUT2D eigenvalue weighted by Crippen LogP contribution is -2.11. The molecule has 0 atom stereocenters. The van der Waals surface area contributed by atoms with E-state index in [1.54, 1.807) is 0 Å². The Kier molecular flexibility index (Phi) is 4.09. The number of H-pyrrole nitrogens is 1. The van der Waals surface area contributed by atoms with Crippen LogP contribution in [0.25, 0.3) is 16.4 Å². The maximum atomic E-state index is 6.22. The van der Waals surface area contributed by atoms with Crippen LogP contribution in [0.5, 0.6) is 0 Å². The maximum absolute atomic E-state index is 6.22. The fourth-order valence-corrected chi connectivity index (χ4v) is 3.37. The molecule has 0 amide bonds. The first kappa shape index (κ1) is 16.0. The van der Waals surface area contributed by atoms with Crippen molar-refractivity contribution in [2.24, 2.45) is 0 Å². The number of fused-ring (bicyclic) bond motifs is 2. The summed E-state index contributed by atoms with van der Waals surface area (Å²) in [5.74, 6) is 1.06. The third kappa shape index (κ3) is 2.96. The van der Waals surface area contributed by atoms with Gasteiger partial charge in [-0.1, -0.05) is 43.6 Å². The van der Waals surface area contributed by atoms with E-state index in [1.807, 2.05) is 22.8 Å². The number of aromatic nitrogens is 4. The molecule has 3 aromatic heterocycles. The highest BCUT2D eigenvalue weighted by Gasteiger charge is 2.13. The molecule has 3 heterocycles. The molecule has 0 aliphatic carbocycles. The van der Waals surface area contributed by atoms with E-state index in [2.05, 4.69) is 58.6 Å². The van der Waals surface area contributed by atoms with E-state index >= 15 is 0 Å². The summed E-state index contributed by atoms with van der Waals surface area (Å²) < 4.78 is 1.83. The predicted octanol–water partition coefficient (Wildman–Crippen LogP) is 4.64. The number of aromatic amines is 1. The number of benzene rings is 1. The van der Waals surface area contributed by atoms with Gasteiger partial charge in [0.2, 0.25) is 5.95 Å². The summed E-state index contributed by atoms with van der Waals surface area (Å²) in [6, 6.07) is 10.2. The number of rotatable bonds is 5. The molecular weight excluding hydrogens is 334 g/mol. The van der Waals surface area contributed by atoms with Crippen molar-refractivity contribution < 1.29 is 0 Å². The lowest BCUT2D eigenvalue weighted by atomic mass is 10.1. The molecular formula is C19H20ClN5. The van der Waals surface area contributed by atoms with Crippen LogP contribution in [-0.2, 0) is 6.42 Å². The first-order valence-electron chi connectivity index (χ1n) is 8.46. The monoisotopic (exact) mass is 353 g/mol. The van der Waals surface area contributed by atoms with E-state index in [-0.39, 0.29) is 0 Å². The summed E-state index contributed by atoms with van der Waals surface area (Å²) in [5.41, 5.74) is 4.62. The Morgan fingerprint density at radius 2 is 2.12 bits per heavy atom. The minimum Gasteiger partial charge on any atom is -0.361 e. The van der Waals surface area contributed by atoms with E-state index in [0.29, 0.717) is 17.0 Å². The van der Waals surface area contributed by atoms with Crippen molar-refractivity contribution in [2.75, 3.05) is 11.9 Å². The summed E-state index contributed by atoms with van der Waals surface area (Å²) in [7, 11) is 0. The Morgan fingerprint density at radius 3 is 2.96 bits per heavy atom. The van der Waals surface area contributed by atoms with Crippen LogP contribution in [0.4, 0.5) is 5.95 Å². The van der Waals surface area contributed by atoms with Crippen molar-refractivity contribution in [3.63, 3.8) is 0 Å². The van der Waals surface area contributed by atoms with Crippen LogP contribution in [0.1, 0.15) is 30.9 Å². The van der Waals surface area contributed by atoms with Crippen molar-refractivity contribution in [3.8, 4) is 0 Å². The van der Waals surface area contributed by atoms with Crippen LogP contribution in [0, 0.1) is 0 Å². The van der Waals surface area contributed by atoms with Gasteiger partial charge < -0.3 is 10.3 Å². The average Bonchev–Trinajstić information content (AvgIpc) is 3.19. The standard InChI is InChI=1S/C19H20ClN5/c1-12(2)15-11-23-25-17(15)9-18(20)24-19(25)21-8-7-13-10-22-16-6-4-3-5-14(13)16/h3-6,9-12,22H,7-8H2,1-2H3,(H,21,24). The van der Waals surface area contributed by atoms with E-state index in [1.165, 1.54) is 16.5 Å². The third-order valence-electron chi connectivity index (χ3n) is 4.48. The molecule has 4 rings (SSSR count). The van der Waals surface area contributed by atoms with Crippen molar-refractivity contribution in [2.45, 2.75) is 26.2 Å². The van der Waals surface area contributed by atoms with Crippen LogP contribution in [0.15, 0.2) is 42.7 Å². The number of halogens is 1. The highest BCUT2D eigenvalue weighted by molar-refractivity contribution is 6.29. The number of para-hydroxylation sites is 1. The Labute approximate surface area is 151 Å². The fourth-order valence-electron chi connectivity index (χ4n) is 3.18. The van der Waals surface area contributed by atoms with Gasteiger partial charge in [-0.15, -0.1) is 0 Å². The predicted molar refractivity (Wildman–Crippen MR) is 103 cm³/mol. The summed E-state index contributed by atoms with van der Waals surface area (Å²) in [4.78, 5) is 7.71. The topological polar surface area (TPSA) is 58.0 Å². The SMILES string of the molecule is CC(C)c1cnn2c(NCCc3c[nH]c4ccccc34)nc(Cl)cc12. The summed E-state index contributed by atoms with van der Waals surface area (Å²) in [6.07, 6.45) is 4.85. The molecule has 6 heteroatoms. The van der Waals surface area contributed by atoms with E-state index in [4.69, 9.17) is 11.6 Å². The molecule has 0 spiro atoms. The summed E-state index contributed by atoms with van der Waals surface area (Å²) in [6.45, 7) is 5.05. The Balaban J connectivity index is 1.57. The van der Waals surface area contributed by atoms with Crippen molar-refractivity contribution in [1.29, 1.82) is 0 Å². The first-order valence-corrected chi connectivity index (χ1v) is 8.84. The molecule has 0 unspecified atom stereocenters. The van der Waals surface area contributed by atoms with Crippen molar-refractivity contribution >= 4 is 34.0 Å². The molecule has 0 saturated carbocycles. The van der Waals surface area contributed by atoms with Gasteiger partial charge in [0.1, 0.15) is 5.15 Å². The quantitative estimate of drug-likeness (QED) is 0.514. The zero-order valence-corrected chi connectivity index (χ0v) is 15.0. The number of anilines is 1. The van der Waals surface area contributed by atoms with Crippen molar-refractivity contribution in [3.05, 3.63) is 59.0 Å². The zero-order chi connectivity index (χ0) is 17.4. The van der Waals surface area contributed by atoms with Gasteiger partial charge in [0, 0.05) is 35.3 Å². The van der Waals surface area contributed by atoms with Gasteiger partial charge in [0.25, 0.3) is 0 Å². The molecule has 0 radical (unpaired) electrons. The molecule has 2 N–H and O–H groups in total. The van der Waals surface area contributed by atoms with Gasteiger partial charge in [-0.25, -0.2) is 9.50 Å². The smallest absolute Gasteiger partial charge is 0.225 e. The van der Waals surface area contributed by atoms with Gasteiger partial charge in [0.15, 0.2) is 0 Å². The lowest BCUT2D eigenvalue weighted by molar-refractivity contribution is 0.875. The van der Waals surface area contributed by atoms with Crippen LogP contribution >= 0.6 is 11.6 Å². The average molecular weight is 354 g/mol. The summed E-state index contributed by atoms with van der Waals surface area (Å²) >= 11 is 6.22. The number of hydrogen-bond donors (Lipinski definition) is 2. The van der Waals surface area contributed by atoms with Crippen LogP contribution in [0.2, 0.25) is 5.15 Å². The molecule has 0 aliphatic heterocycles. The highest BCUT2D eigenvalue weighted by Crippen LogP contribution is 2.24. The number of nitrogens with zero attached hydrogens (tertiary/aromatic N) is 3. The van der Waals surface area contributed by atoms with Crippen LogP contribution in [-0.4, -0.2) is 26.1 Å². The van der Waals surface area contributed by atoms with E-state index in [9.17, 15) is 0 Å². The largest absolute Gasteiger partial charge is 0.361 e. The molecule has 1 aromatic carbocycles. The molecule has 4 aromatic rings. The molecule has 5 nitrogen and oxygen atoms in total. The Hall–Kier alpha value is -2.53. The minimum absolute atomic E-state index is 0.384. The first-order chi connectivity index (χ1) is 12.1. The number of nitrogens with one attached hydrogen (secondary N) is 2. The maximum Gasteiger partial charge on any atom is 0.225 e. The van der Waals surface area contributed by atoms with Gasteiger partial charge in [-0.05, 0) is 24.0 Å². The van der Waals surface area contributed by atoms with Gasteiger partial charge in [0.05, 0.1) is 11.7 Å². The fraction of sp³-hybridized carbons (Fsp3) is 0.263. The van der Waals surface area contributed by atoms with E-state index < -0.39 is 0 Å². The Morgan fingerprint density at radius 1 is 1.28 bits per heavy atom. The third-order valence-corrected chi connectivity index (χ3v) is 4.67. The van der Waals surface area contributed by atoms with Crippen molar-refractivity contribution in [1.82, 2.24) is 19.6 Å². The Bertz CT molecular complexity index is 1030. The molecule has 0 aliphatic rings. The summed E-state index contributed by atoms with van der Waals surface area (Å²) in [5, 5.41) is 9.58. The molecule has 128 valence electrons. The lowest BCUT2D eigenvalue weighted by Gasteiger charge is -2.09. The second-order valence-electron chi connectivity index (χ2n) is 6.49. The second kappa shape index (κ2) is 6.41. The van der Waals surface area contributed by atoms with Crippen LogP contribution < -0.4 is 5.32 Å². The zero-order valence-electron chi connectivity index (χ0n) is 14.3. The van der Waals surface area contributed by atoms with Crippen LogP contribution in [0.3, 0.4) is 0 Å². The molecule has 0 bridgehead atoms.